The zero-order chi connectivity index (χ0) is 12.7. The van der Waals surface area contributed by atoms with Gasteiger partial charge in [-0.25, -0.2) is 4.79 Å². The fraction of sp³-hybridized carbons (Fsp3) is 0.818. The molecule has 1 atom stereocenters. The van der Waals surface area contributed by atoms with Crippen molar-refractivity contribution in [3.8, 4) is 0 Å². The Kier molecular flexibility index (Phi) is 6.53. The Labute approximate surface area is 97.4 Å². The van der Waals surface area contributed by atoms with Crippen LogP contribution in [-0.4, -0.2) is 30.6 Å². The minimum Gasteiger partial charge on any atom is -0.354 e. The van der Waals surface area contributed by atoms with Crippen molar-refractivity contribution in [3.05, 3.63) is 0 Å². The minimum atomic E-state index is -0.516. The summed E-state index contributed by atoms with van der Waals surface area (Å²) < 4.78 is 0. The first-order chi connectivity index (χ1) is 7.32. The van der Waals surface area contributed by atoms with E-state index in [9.17, 15) is 9.59 Å². The van der Waals surface area contributed by atoms with Crippen LogP contribution in [0.15, 0.2) is 0 Å². The summed E-state index contributed by atoms with van der Waals surface area (Å²) in [6.45, 7) is 10.0. The number of nitrogens with one attached hydrogen (secondary N) is 3. The van der Waals surface area contributed by atoms with Gasteiger partial charge in [0.1, 0.15) is 6.04 Å². The molecule has 0 bridgehead atoms. The Morgan fingerprint density at radius 3 is 2.00 bits per heavy atom. The number of urea groups is 1. The SMILES string of the molecule is CC(C)CNC(=O)C(C)NC(=O)NC(C)C. The Morgan fingerprint density at radius 2 is 1.56 bits per heavy atom. The Balaban J connectivity index is 3.91. The highest BCUT2D eigenvalue weighted by Crippen LogP contribution is 1.89. The molecule has 5 nitrogen and oxygen atoms in total. The van der Waals surface area contributed by atoms with Gasteiger partial charge in [-0.1, -0.05) is 13.8 Å². The molecule has 0 heterocycles. The van der Waals surface area contributed by atoms with E-state index in [0.717, 1.165) is 0 Å². The van der Waals surface area contributed by atoms with Crippen molar-refractivity contribution in [1.82, 2.24) is 16.0 Å². The lowest BCUT2D eigenvalue weighted by Gasteiger charge is -2.16. The van der Waals surface area contributed by atoms with Gasteiger partial charge in [-0.3, -0.25) is 4.79 Å². The molecule has 5 heteroatoms. The lowest BCUT2D eigenvalue weighted by molar-refractivity contribution is -0.122. The van der Waals surface area contributed by atoms with Crippen LogP contribution in [0.4, 0.5) is 4.79 Å². The number of hydrogen-bond donors (Lipinski definition) is 3. The molecule has 0 aliphatic rings. The Hall–Kier alpha value is -1.26. The van der Waals surface area contributed by atoms with Crippen LogP contribution in [0.1, 0.15) is 34.6 Å². The van der Waals surface area contributed by atoms with Crippen molar-refractivity contribution < 1.29 is 9.59 Å². The van der Waals surface area contributed by atoms with E-state index in [4.69, 9.17) is 0 Å². The lowest BCUT2D eigenvalue weighted by atomic mass is 10.2. The largest absolute Gasteiger partial charge is 0.354 e. The van der Waals surface area contributed by atoms with Crippen LogP contribution in [-0.2, 0) is 4.79 Å². The molecule has 0 saturated heterocycles. The summed E-state index contributed by atoms with van der Waals surface area (Å²) in [6, 6.07) is -0.773. The van der Waals surface area contributed by atoms with Crippen molar-refractivity contribution >= 4 is 11.9 Å². The first-order valence-electron chi connectivity index (χ1n) is 5.67. The van der Waals surface area contributed by atoms with Crippen molar-refractivity contribution in [2.24, 2.45) is 5.92 Å². The van der Waals surface area contributed by atoms with E-state index in [1.165, 1.54) is 0 Å². The van der Waals surface area contributed by atoms with Gasteiger partial charge in [0.25, 0.3) is 0 Å². The fourth-order valence-electron chi connectivity index (χ4n) is 1.02. The number of amides is 3. The summed E-state index contributed by atoms with van der Waals surface area (Å²) in [4.78, 5) is 22.8. The second-order valence-corrected chi connectivity index (χ2v) is 4.63. The lowest BCUT2D eigenvalue weighted by Crippen LogP contribution is -2.50. The van der Waals surface area contributed by atoms with Gasteiger partial charge in [0.15, 0.2) is 0 Å². The summed E-state index contributed by atoms with van der Waals surface area (Å²) in [5.74, 6) is 0.244. The highest BCUT2D eigenvalue weighted by molar-refractivity contribution is 5.86. The quantitative estimate of drug-likeness (QED) is 0.654. The smallest absolute Gasteiger partial charge is 0.315 e. The normalized spacial score (nSPS) is 12.4. The van der Waals surface area contributed by atoms with Crippen LogP contribution in [0.25, 0.3) is 0 Å². The molecule has 16 heavy (non-hydrogen) atoms. The topological polar surface area (TPSA) is 70.2 Å². The second kappa shape index (κ2) is 7.09. The molecule has 94 valence electrons. The highest BCUT2D eigenvalue weighted by atomic mass is 16.2. The molecule has 3 N–H and O–H groups in total. The molecule has 3 amide bonds. The van der Waals surface area contributed by atoms with Crippen LogP contribution < -0.4 is 16.0 Å². The van der Waals surface area contributed by atoms with E-state index in [0.29, 0.717) is 12.5 Å². The highest BCUT2D eigenvalue weighted by Gasteiger charge is 2.15. The van der Waals surface area contributed by atoms with Crippen LogP contribution in [0.2, 0.25) is 0 Å². The van der Waals surface area contributed by atoms with Gasteiger partial charge < -0.3 is 16.0 Å². The molecule has 0 saturated carbocycles. The van der Waals surface area contributed by atoms with Gasteiger partial charge >= 0.3 is 6.03 Å². The zero-order valence-corrected chi connectivity index (χ0v) is 10.8. The minimum absolute atomic E-state index is 0.0610. The summed E-state index contributed by atoms with van der Waals surface area (Å²) in [6.07, 6.45) is 0. The molecular weight excluding hydrogens is 206 g/mol. The van der Waals surface area contributed by atoms with E-state index >= 15 is 0 Å². The van der Waals surface area contributed by atoms with E-state index < -0.39 is 6.04 Å². The van der Waals surface area contributed by atoms with Gasteiger partial charge in [0, 0.05) is 12.6 Å². The predicted octanol–water partition coefficient (Wildman–Crippen LogP) is 0.855. The number of rotatable bonds is 5. The third-order valence-electron chi connectivity index (χ3n) is 1.85. The molecule has 0 aliphatic heterocycles. The third kappa shape index (κ3) is 7.09. The van der Waals surface area contributed by atoms with Crippen LogP contribution in [0.3, 0.4) is 0 Å². The first kappa shape index (κ1) is 14.7. The summed E-state index contributed by atoms with van der Waals surface area (Å²) in [5, 5.41) is 8.00. The first-order valence-corrected chi connectivity index (χ1v) is 5.67. The van der Waals surface area contributed by atoms with Crippen LogP contribution in [0.5, 0.6) is 0 Å². The summed E-state index contributed by atoms with van der Waals surface area (Å²) >= 11 is 0. The van der Waals surface area contributed by atoms with Crippen molar-refractivity contribution in [2.45, 2.75) is 46.7 Å². The maximum absolute atomic E-state index is 11.5. The summed E-state index contributed by atoms with van der Waals surface area (Å²) in [7, 11) is 0. The average Bonchev–Trinajstić information content (AvgIpc) is 2.12. The number of carbonyl (C=O) groups excluding carboxylic acids is 2. The predicted molar refractivity (Wildman–Crippen MR) is 64.1 cm³/mol. The van der Waals surface area contributed by atoms with Gasteiger partial charge in [0.2, 0.25) is 5.91 Å². The molecular formula is C11H23N3O2. The molecule has 0 rings (SSSR count). The van der Waals surface area contributed by atoms with Gasteiger partial charge in [0.05, 0.1) is 0 Å². The van der Waals surface area contributed by atoms with Crippen molar-refractivity contribution in [3.63, 3.8) is 0 Å². The monoisotopic (exact) mass is 229 g/mol. The van der Waals surface area contributed by atoms with Crippen molar-refractivity contribution in [2.75, 3.05) is 6.54 Å². The van der Waals surface area contributed by atoms with E-state index in [1.807, 2.05) is 27.7 Å². The molecule has 0 aromatic heterocycles. The Morgan fingerprint density at radius 1 is 1.00 bits per heavy atom. The van der Waals surface area contributed by atoms with E-state index in [1.54, 1.807) is 6.92 Å². The van der Waals surface area contributed by atoms with Crippen LogP contribution in [0, 0.1) is 5.92 Å². The maximum Gasteiger partial charge on any atom is 0.315 e. The molecule has 0 aliphatic carbocycles. The van der Waals surface area contributed by atoms with Crippen molar-refractivity contribution in [1.29, 1.82) is 0 Å². The molecule has 0 aromatic rings. The summed E-state index contributed by atoms with van der Waals surface area (Å²) in [5.41, 5.74) is 0. The molecule has 1 unspecified atom stereocenters. The maximum atomic E-state index is 11.5. The molecule has 0 aromatic carbocycles. The van der Waals surface area contributed by atoms with Gasteiger partial charge in [-0.05, 0) is 26.7 Å². The number of carbonyl (C=O) groups is 2. The average molecular weight is 229 g/mol. The molecule has 0 radical (unpaired) electrons. The fourth-order valence-corrected chi connectivity index (χ4v) is 1.02. The van der Waals surface area contributed by atoms with E-state index in [2.05, 4.69) is 16.0 Å². The Bertz CT molecular complexity index is 239. The van der Waals surface area contributed by atoms with Gasteiger partial charge in [-0.2, -0.15) is 0 Å². The number of hydrogen-bond acceptors (Lipinski definition) is 2. The zero-order valence-electron chi connectivity index (χ0n) is 10.8. The standard InChI is InChI=1S/C11H23N3O2/c1-7(2)6-12-10(15)9(5)14-11(16)13-8(3)4/h7-9H,6H2,1-5H3,(H,12,15)(H2,13,14,16). The van der Waals surface area contributed by atoms with Crippen LogP contribution >= 0.6 is 0 Å². The molecule has 0 spiro atoms. The van der Waals surface area contributed by atoms with Gasteiger partial charge in [-0.15, -0.1) is 0 Å². The van der Waals surface area contributed by atoms with E-state index in [-0.39, 0.29) is 18.0 Å². The second-order valence-electron chi connectivity index (χ2n) is 4.63. The third-order valence-corrected chi connectivity index (χ3v) is 1.85. The molecule has 0 fully saturated rings.